The number of nitrogens with one attached hydrogen (secondary N) is 1. The Hall–Kier alpha value is -2.43. The van der Waals surface area contributed by atoms with E-state index in [1.54, 1.807) is 17.7 Å². The molecule has 2 rings (SSSR count). The normalized spacial score (nSPS) is 11.8. The predicted octanol–water partition coefficient (Wildman–Crippen LogP) is 3.70. The number of hydrogen-bond acceptors (Lipinski definition) is 3. The molecule has 0 spiro atoms. The van der Waals surface area contributed by atoms with Crippen molar-refractivity contribution in [2.45, 2.75) is 32.7 Å². The molecule has 5 heteroatoms. The highest BCUT2D eigenvalue weighted by Gasteiger charge is 2.15. The second-order valence-electron chi connectivity index (χ2n) is 5.81. The first-order valence-electron chi connectivity index (χ1n) is 8.29. The molecule has 1 N–H and O–H groups in total. The molecular weight excluding hydrogens is 304 g/mol. The number of hydrogen-bond donors (Lipinski definition) is 1. The summed E-state index contributed by atoms with van der Waals surface area (Å²) in [5, 5.41) is 3.01. The molecule has 1 aromatic carbocycles. The smallest absolute Gasteiger partial charge is 0.268 e. The monoisotopic (exact) mass is 330 g/mol. The van der Waals surface area contributed by atoms with Gasteiger partial charge in [-0.05, 0) is 43.2 Å². The Bertz CT molecular complexity index is 679. The van der Waals surface area contributed by atoms with Gasteiger partial charge in [0.05, 0.1) is 19.8 Å². The third-order valence-corrected chi connectivity index (χ3v) is 3.97. The third-order valence-electron chi connectivity index (χ3n) is 3.97. The molecule has 5 nitrogen and oxygen atoms in total. The fraction of sp³-hybridized carbons (Fsp3) is 0.421. The molecule has 0 aliphatic heterocycles. The van der Waals surface area contributed by atoms with Gasteiger partial charge in [0, 0.05) is 13.2 Å². The van der Waals surface area contributed by atoms with Gasteiger partial charge in [-0.15, -0.1) is 0 Å². The number of aromatic nitrogens is 1. The van der Waals surface area contributed by atoms with Gasteiger partial charge in [-0.2, -0.15) is 0 Å². The van der Waals surface area contributed by atoms with Crippen molar-refractivity contribution in [1.82, 2.24) is 9.88 Å². The minimum atomic E-state index is -0.133. The van der Waals surface area contributed by atoms with Crippen LogP contribution >= 0.6 is 0 Å². The number of rotatable bonds is 8. The van der Waals surface area contributed by atoms with Crippen molar-refractivity contribution in [2.24, 2.45) is 7.05 Å². The van der Waals surface area contributed by atoms with E-state index in [0.29, 0.717) is 18.1 Å². The van der Waals surface area contributed by atoms with E-state index in [1.807, 2.05) is 44.4 Å². The van der Waals surface area contributed by atoms with Crippen LogP contribution in [0.15, 0.2) is 36.5 Å². The van der Waals surface area contributed by atoms with Crippen LogP contribution in [0.2, 0.25) is 0 Å². The maximum atomic E-state index is 12.3. The van der Waals surface area contributed by atoms with E-state index in [-0.39, 0.29) is 11.9 Å². The standard InChI is InChI=1S/C19H26N2O3/c1-5-6-12-24-17-10-9-15(13-18(17)23-4)14(2)20-19(22)16-8-7-11-21(16)3/h7-11,13-14H,5-6,12H2,1-4H3,(H,20,22). The number of methoxy groups -OCH3 is 1. The third kappa shape index (κ3) is 4.31. The highest BCUT2D eigenvalue weighted by molar-refractivity contribution is 5.92. The molecule has 1 amide bonds. The quantitative estimate of drug-likeness (QED) is 0.751. The maximum Gasteiger partial charge on any atom is 0.268 e. The van der Waals surface area contributed by atoms with E-state index >= 15 is 0 Å². The molecular formula is C19H26N2O3. The Labute approximate surface area is 143 Å². The summed E-state index contributed by atoms with van der Waals surface area (Å²) < 4.78 is 13.0. The van der Waals surface area contributed by atoms with Gasteiger partial charge in [-0.25, -0.2) is 0 Å². The van der Waals surface area contributed by atoms with Crippen LogP contribution in [0.5, 0.6) is 11.5 Å². The summed E-state index contributed by atoms with van der Waals surface area (Å²) in [6.45, 7) is 4.75. The summed E-state index contributed by atoms with van der Waals surface area (Å²) in [6, 6.07) is 9.29. The molecule has 1 heterocycles. The molecule has 0 aliphatic carbocycles. The molecule has 0 bridgehead atoms. The topological polar surface area (TPSA) is 52.5 Å². The van der Waals surface area contributed by atoms with Gasteiger partial charge in [0.2, 0.25) is 0 Å². The van der Waals surface area contributed by atoms with Gasteiger partial charge < -0.3 is 19.4 Å². The molecule has 1 aromatic heterocycles. The summed E-state index contributed by atoms with van der Waals surface area (Å²) in [6.07, 6.45) is 3.95. The molecule has 1 atom stereocenters. The number of benzene rings is 1. The van der Waals surface area contributed by atoms with Crippen LogP contribution < -0.4 is 14.8 Å². The highest BCUT2D eigenvalue weighted by Crippen LogP contribution is 2.30. The minimum Gasteiger partial charge on any atom is -0.493 e. The number of unbranched alkanes of at least 4 members (excludes halogenated alkanes) is 1. The van der Waals surface area contributed by atoms with Crippen LogP contribution in [-0.2, 0) is 7.05 Å². The average Bonchev–Trinajstić information content (AvgIpc) is 3.01. The maximum absolute atomic E-state index is 12.3. The molecule has 0 saturated heterocycles. The van der Waals surface area contributed by atoms with Crippen LogP contribution in [0.4, 0.5) is 0 Å². The highest BCUT2D eigenvalue weighted by atomic mass is 16.5. The van der Waals surface area contributed by atoms with Gasteiger partial charge in [-0.3, -0.25) is 4.79 Å². The Morgan fingerprint density at radius 3 is 2.71 bits per heavy atom. The number of amides is 1. The Morgan fingerprint density at radius 1 is 1.29 bits per heavy atom. The lowest BCUT2D eigenvalue weighted by atomic mass is 10.1. The SMILES string of the molecule is CCCCOc1ccc(C(C)NC(=O)c2cccn2C)cc1OC. The van der Waals surface area contributed by atoms with Gasteiger partial charge in [0.1, 0.15) is 5.69 Å². The van der Waals surface area contributed by atoms with E-state index in [9.17, 15) is 4.79 Å². The largest absolute Gasteiger partial charge is 0.493 e. The first-order valence-corrected chi connectivity index (χ1v) is 8.29. The van der Waals surface area contributed by atoms with Crippen LogP contribution in [0.25, 0.3) is 0 Å². The number of ether oxygens (including phenoxy) is 2. The number of carbonyl (C=O) groups is 1. The van der Waals surface area contributed by atoms with Crippen molar-refractivity contribution in [3.63, 3.8) is 0 Å². The fourth-order valence-corrected chi connectivity index (χ4v) is 2.45. The molecule has 0 aliphatic rings. The predicted molar refractivity (Wildman–Crippen MR) is 94.7 cm³/mol. The second kappa shape index (κ2) is 8.43. The summed E-state index contributed by atoms with van der Waals surface area (Å²) in [5.41, 5.74) is 1.60. The zero-order valence-electron chi connectivity index (χ0n) is 14.8. The number of aryl methyl sites for hydroxylation is 1. The number of carbonyl (C=O) groups excluding carboxylic acids is 1. The van der Waals surface area contributed by atoms with E-state index in [4.69, 9.17) is 9.47 Å². The van der Waals surface area contributed by atoms with Crippen molar-refractivity contribution >= 4 is 5.91 Å². The van der Waals surface area contributed by atoms with Crippen LogP contribution in [0.1, 0.15) is 48.8 Å². The van der Waals surface area contributed by atoms with Gasteiger partial charge in [-0.1, -0.05) is 19.4 Å². The summed E-state index contributed by atoms with van der Waals surface area (Å²) in [5.74, 6) is 1.32. The average molecular weight is 330 g/mol. The Kier molecular flexibility index (Phi) is 6.29. The van der Waals surface area contributed by atoms with Crippen LogP contribution in [0, 0.1) is 0 Å². The molecule has 0 radical (unpaired) electrons. The second-order valence-corrected chi connectivity index (χ2v) is 5.81. The van der Waals surface area contributed by atoms with Crippen LogP contribution in [-0.4, -0.2) is 24.2 Å². The summed E-state index contributed by atoms with van der Waals surface area (Å²) >= 11 is 0. The lowest BCUT2D eigenvalue weighted by Gasteiger charge is -2.17. The first-order chi connectivity index (χ1) is 11.6. The molecule has 1 unspecified atom stereocenters. The molecule has 0 saturated carbocycles. The Balaban J connectivity index is 2.07. The molecule has 2 aromatic rings. The van der Waals surface area contributed by atoms with E-state index in [0.717, 1.165) is 24.2 Å². The zero-order chi connectivity index (χ0) is 17.5. The van der Waals surface area contributed by atoms with Crippen molar-refractivity contribution in [3.05, 3.63) is 47.8 Å². The van der Waals surface area contributed by atoms with E-state index in [2.05, 4.69) is 12.2 Å². The zero-order valence-corrected chi connectivity index (χ0v) is 14.8. The van der Waals surface area contributed by atoms with Crippen molar-refractivity contribution in [2.75, 3.05) is 13.7 Å². The van der Waals surface area contributed by atoms with Crippen molar-refractivity contribution in [1.29, 1.82) is 0 Å². The Morgan fingerprint density at radius 2 is 2.08 bits per heavy atom. The van der Waals surface area contributed by atoms with Crippen molar-refractivity contribution < 1.29 is 14.3 Å². The fourth-order valence-electron chi connectivity index (χ4n) is 2.45. The molecule has 0 fully saturated rings. The lowest BCUT2D eigenvalue weighted by molar-refractivity contribution is 0.0931. The van der Waals surface area contributed by atoms with Gasteiger partial charge >= 0.3 is 0 Å². The van der Waals surface area contributed by atoms with Crippen LogP contribution in [0.3, 0.4) is 0 Å². The van der Waals surface area contributed by atoms with E-state index < -0.39 is 0 Å². The first kappa shape index (κ1) is 17.9. The van der Waals surface area contributed by atoms with Gasteiger partial charge in [0.15, 0.2) is 11.5 Å². The van der Waals surface area contributed by atoms with Gasteiger partial charge in [0.25, 0.3) is 5.91 Å². The van der Waals surface area contributed by atoms with E-state index in [1.165, 1.54) is 0 Å². The minimum absolute atomic E-state index is 0.0998. The molecule has 130 valence electrons. The van der Waals surface area contributed by atoms with Crippen molar-refractivity contribution in [3.8, 4) is 11.5 Å². The number of nitrogens with zero attached hydrogens (tertiary/aromatic N) is 1. The lowest BCUT2D eigenvalue weighted by Crippen LogP contribution is -2.28. The molecule has 24 heavy (non-hydrogen) atoms. The summed E-state index contributed by atoms with van der Waals surface area (Å²) in [7, 11) is 3.48. The summed E-state index contributed by atoms with van der Waals surface area (Å²) in [4.78, 5) is 12.3.